The van der Waals surface area contributed by atoms with Crippen LogP contribution in [0.3, 0.4) is 0 Å². The van der Waals surface area contributed by atoms with E-state index < -0.39 is 0 Å². The summed E-state index contributed by atoms with van der Waals surface area (Å²) >= 11 is -0.1000. The Morgan fingerprint density at radius 1 is 1.25 bits per heavy atom. The van der Waals surface area contributed by atoms with Crippen LogP contribution in [0.2, 0.25) is 0 Å². The molecule has 0 saturated carbocycles. The van der Waals surface area contributed by atoms with E-state index in [1.807, 2.05) is 6.79 Å². The molecule has 0 bridgehead atoms. The summed E-state index contributed by atoms with van der Waals surface area (Å²) in [6, 6.07) is 0. The van der Waals surface area contributed by atoms with Crippen molar-refractivity contribution in [3.63, 3.8) is 0 Å². The van der Waals surface area contributed by atoms with Crippen molar-refractivity contribution >= 4 is 31.2 Å². The van der Waals surface area contributed by atoms with Gasteiger partial charge in [0.05, 0.1) is 0 Å². The van der Waals surface area contributed by atoms with Gasteiger partial charge in [-0.2, -0.15) is 0 Å². The Morgan fingerprint density at radius 3 is 1.25 bits per heavy atom. The summed E-state index contributed by atoms with van der Waals surface area (Å²) in [5, 5.41) is 0. The first-order valence-electron chi connectivity index (χ1n) is 0.577. The fourth-order valence-corrected chi connectivity index (χ4v) is 0. The maximum atomic E-state index is 8.42. The summed E-state index contributed by atoms with van der Waals surface area (Å²) in [4.78, 5) is 8.00. The first kappa shape index (κ1) is 8.84. The monoisotopic (exact) mass is 162 g/mol. The van der Waals surface area contributed by atoms with Crippen LogP contribution in [0.25, 0.3) is 0 Å². The van der Waals surface area contributed by atoms with E-state index in [9.17, 15) is 0 Å². The summed E-state index contributed by atoms with van der Waals surface area (Å²) in [6.45, 7) is 2.00. The predicted octanol–water partition coefficient (Wildman–Crippen LogP) is -0.952. The molecule has 0 spiro atoms. The second-order valence-electron chi connectivity index (χ2n) is 0. The topological polar surface area (TPSA) is 34.1 Å². The predicted molar refractivity (Wildman–Crippen MR) is 15.0 cm³/mol. The van der Waals surface area contributed by atoms with Crippen molar-refractivity contribution < 1.29 is 7.65 Å². The van der Waals surface area contributed by atoms with Gasteiger partial charge in [-0.25, -0.2) is 0 Å². The van der Waals surface area contributed by atoms with Crippen LogP contribution in [0, 0.1) is 0 Å². The number of hydrogen-bond acceptors (Lipinski definition) is 2. The average Bonchev–Trinajstić information content (AvgIpc) is 1.50. The van der Waals surface area contributed by atoms with E-state index in [1.54, 1.807) is 0 Å². The molecular weight excluding hydrogens is 159 g/mol. The third kappa shape index (κ3) is 36.3. The molecule has 0 N–H and O–H groups in total. The van der Waals surface area contributed by atoms with Gasteiger partial charge < -0.3 is 4.79 Å². The van der Waals surface area contributed by atoms with Crippen LogP contribution < -0.4 is 0 Å². The van der Waals surface area contributed by atoms with Crippen LogP contribution in [0.15, 0.2) is 0 Å². The Hall–Kier alpha value is 0.340. The van der Waals surface area contributed by atoms with Crippen LogP contribution in [0.1, 0.15) is 0 Å². The first-order valence-corrected chi connectivity index (χ1v) is 2.23. The van der Waals surface area contributed by atoms with Crippen molar-refractivity contribution in [1.29, 1.82) is 0 Å². The van der Waals surface area contributed by atoms with E-state index in [4.69, 9.17) is 7.65 Å². The van der Waals surface area contributed by atoms with E-state index in [2.05, 4.69) is 0 Å². The van der Waals surface area contributed by atoms with Crippen molar-refractivity contribution in [3.8, 4) is 0 Å². The fraction of sp³-hybridized carbons (Fsp3) is 0. The van der Waals surface area contributed by atoms with Gasteiger partial charge in [-0.3, -0.25) is 0 Å². The van der Waals surface area contributed by atoms with Crippen molar-refractivity contribution in [1.82, 2.24) is 0 Å². The summed E-state index contributed by atoms with van der Waals surface area (Å²) in [7, 11) is 0. The van der Waals surface area contributed by atoms with E-state index in [0.29, 0.717) is 0 Å². The van der Waals surface area contributed by atoms with Crippen molar-refractivity contribution in [2.45, 2.75) is 0 Å². The molecule has 0 rings (SSSR count). The minimum atomic E-state index is -0.1000. The van der Waals surface area contributed by atoms with Gasteiger partial charge in [-0.05, 0) is 0 Å². The van der Waals surface area contributed by atoms with Crippen molar-refractivity contribution in [2.24, 2.45) is 0 Å². The second kappa shape index (κ2) is 158. The molecule has 4 heavy (non-hydrogen) atoms. The molecule has 0 aromatic carbocycles. The molecule has 2 nitrogen and oxygen atoms in total. The van der Waals surface area contributed by atoms with Gasteiger partial charge in [-0.1, -0.05) is 0 Å². The number of carbonyl (C=O) groups excluding carboxylic acids is 1. The van der Waals surface area contributed by atoms with Crippen LogP contribution in [0.4, 0.5) is 0 Å². The van der Waals surface area contributed by atoms with E-state index in [-0.39, 0.29) is 24.4 Å². The van der Waals surface area contributed by atoms with Gasteiger partial charge in [0.15, 0.2) is 0 Å². The molecule has 0 aliphatic heterocycles. The molecule has 0 heterocycles. The van der Waals surface area contributed by atoms with Crippen LogP contribution in [-0.4, -0.2) is 31.2 Å². The normalized spacial score (nSPS) is 1.75. The Kier molecular flexibility index (Phi) is 349. The molecule has 3 heteroatoms. The Bertz CT molecular complexity index is 8.00. The van der Waals surface area contributed by atoms with Gasteiger partial charge in [-0.15, -0.1) is 0 Å². The zero-order valence-corrected chi connectivity index (χ0v) is 6.27. The van der Waals surface area contributed by atoms with Crippen LogP contribution >= 0.6 is 0 Å². The first-order chi connectivity index (χ1) is 2.00. The van der Waals surface area contributed by atoms with Gasteiger partial charge in [0.2, 0.25) is 0 Å². The number of rotatable bonds is 0. The molecule has 0 aromatic rings. The standard InChI is InChI=1S/CH2O.In.O.H/c1-2;;;/h1H2;;;. The minimum absolute atomic E-state index is 0.1000. The van der Waals surface area contributed by atoms with Crippen molar-refractivity contribution in [2.75, 3.05) is 0 Å². The molecule has 0 saturated heterocycles. The SMILES string of the molecule is C=O.[O]=[InH]. The van der Waals surface area contributed by atoms with E-state index in [0.717, 1.165) is 0 Å². The van der Waals surface area contributed by atoms with Gasteiger partial charge in [0.1, 0.15) is 6.79 Å². The molecule has 0 unspecified atom stereocenters. The van der Waals surface area contributed by atoms with Crippen molar-refractivity contribution in [3.05, 3.63) is 0 Å². The molecule has 0 atom stereocenters. The van der Waals surface area contributed by atoms with E-state index >= 15 is 0 Å². The van der Waals surface area contributed by atoms with Gasteiger partial charge >= 0.3 is 27.2 Å². The molecule has 22 valence electrons. The maximum absolute atomic E-state index is 8.42. The molecule has 0 radical (unpaired) electrons. The zero-order chi connectivity index (χ0) is 4.00. The fourth-order valence-electron chi connectivity index (χ4n) is 0. The van der Waals surface area contributed by atoms with Gasteiger partial charge in [0, 0.05) is 0 Å². The second-order valence-corrected chi connectivity index (χ2v) is 0. The quantitative estimate of drug-likeness (QED) is 0.459. The molecule has 0 fully saturated rings. The molecule has 0 aliphatic carbocycles. The summed E-state index contributed by atoms with van der Waals surface area (Å²) in [5.41, 5.74) is 0. The molecular formula is CH3InO2. The Labute approximate surface area is 39.2 Å². The summed E-state index contributed by atoms with van der Waals surface area (Å²) in [6.07, 6.45) is 0. The summed E-state index contributed by atoms with van der Waals surface area (Å²) in [5.74, 6) is 0. The van der Waals surface area contributed by atoms with E-state index in [1.165, 1.54) is 0 Å². The van der Waals surface area contributed by atoms with Gasteiger partial charge in [0.25, 0.3) is 0 Å². The number of hydrogen-bond donors (Lipinski definition) is 0. The average molecular weight is 162 g/mol. The molecule has 0 amide bonds. The third-order valence-electron chi connectivity index (χ3n) is 0. The zero-order valence-electron chi connectivity index (χ0n) is 2.23. The van der Waals surface area contributed by atoms with Crippen LogP contribution in [-0.2, 0) is 7.65 Å². The third-order valence-corrected chi connectivity index (χ3v) is 0. The molecule has 0 aliphatic rings. The Morgan fingerprint density at radius 2 is 1.25 bits per heavy atom. The molecule has 0 aromatic heterocycles. The number of carbonyl (C=O) groups is 1. The Balaban J connectivity index is 0. The van der Waals surface area contributed by atoms with Crippen LogP contribution in [0.5, 0.6) is 0 Å². The summed E-state index contributed by atoms with van der Waals surface area (Å²) < 4.78 is 8.42.